The lowest BCUT2D eigenvalue weighted by Gasteiger charge is -2.04. The van der Waals surface area contributed by atoms with Crippen LogP contribution < -0.4 is 0 Å². The summed E-state index contributed by atoms with van der Waals surface area (Å²) in [6.07, 6.45) is 1.40. The van der Waals surface area contributed by atoms with Crippen LogP contribution in [0.25, 0.3) is 0 Å². The van der Waals surface area contributed by atoms with E-state index >= 15 is 0 Å². The zero-order valence-electron chi connectivity index (χ0n) is 9.59. The first-order chi connectivity index (χ1) is 8.50. The second kappa shape index (κ2) is 4.95. The minimum Gasteiger partial charge on any atom is -0.478 e. The predicted octanol–water partition coefficient (Wildman–Crippen LogP) is 2.02. The van der Waals surface area contributed by atoms with Crippen LogP contribution in [0.15, 0.2) is 22.4 Å². The summed E-state index contributed by atoms with van der Waals surface area (Å²) in [6.45, 7) is 1.82. The molecule has 2 heterocycles. The Labute approximate surface area is 112 Å². The van der Waals surface area contributed by atoms with Crippen LogP contribution in [0.3, 0.4) is 0 Å². The van der Waals surface area contributed by atoms with Gasteiger partial charge in [-0.1, -0.05) is 11.6 Å². The summed E-state index contributed by atoms with van der Waals surface area (Å²) >= 11 is 7.17. The van der Waals surface area contributed by atoms with Gasteiger partial charge in [-0.2, -0.15) is 0 Å². The molecule has 0 spiro atoms. The molecule has 0 atom stereocenters. The van der Waals surface area contributed by atoms with Gasteiger partial charge in [0.25, 0.3) is 0 Å². The van der Waals surface area contributed by atoms with Gasteiger partial charge in [-0.25, -0.2) is 9.78 Å². The van der Waals surface area contributed by atoms with E-state index in [2.05, 4.69) is 15.2 Å². The van der Waals surface area contributed by atoms with Gasteiger partial charge in [0.1, 0.15) is 10.9 Å². The van der Waals surface area contributed by atoms with E-state index in [0.29, 0.717) is 10.2 Å². The van der Waals surface area contributed by atoms with Crippen molar-refractivity contribution < 1.29 is 9.90 Å². The molecule has 0 saturated carbocycles. The number of carboxylic acids is 1. The van der Waals surface area contributed by atoms with E-state index < -0.39 is 5.97 Å². The molecule has 2 aromatic heterocycles. The molecule has 2 rings (SSSR count). The van der Waals surface area contributed by atoms with Crippen LogP contribution in [-0.2, 0) is 7.05 Å². The largest absolute Gasteiger partial charge is 0.478 e. The highest BCUT2D eigenvalue weighted by molar-refractivity contribution is 7.99. The molecule has 6 nitrogen and oxygen atoms in total. The summed E-state index contributed by atoms with van der Waals surface area (Å²) in [5.74, 6) is -0.332. The number of aryl methyl sites for hydroxylation is 1. The SMILES string of the molecule is Cc1nnc(Sc2nccc(C(=O)O)c2Cl)n1C. The highest BCUT2D eigenvalue weighted by Crippen LogP contribution is 2.32. The zero-order valence-corrected chi connectivity index (χ0v) is 11.2. The molecule has 2 aromatic rings. The highest BCUT2D eigenvalue weighted by Gasteiger charge is 2.16. The maximum atomic E-state index is 10.9. The molecule has 18 heavy (non-hydrogen) atoms. The number of carbonyl (C=O) groups is 1. The third kappa shape index (κ3) is 2.32. The Bertz CT molecular complexity index is 614. The lowest BCUT2D eigenvalue weighted by Crippen LogP contribution is -2.00. The molecule has 1 N–H and O–H groups in total. The van der Waals surface area contributed by atoms with E-state index in [0.717, 1.165) is 5.82 Å². The second-order valence-electron chi connectivity index (χ2n) is 3.47. The molecule has 0 aromatic carbocycles. The van der Waals surface area contributed by atoms with Crippen LogP contribution >= 0.6 is 23.4 Å². The molecule has 0 radical (unpaired) electrons. The number of carboxylic acid groups (broad SMARTS) is 1. The molecule has 0 unspecified atom stereocenters. The molecule has 0 amide bonds. The lowest BCUT2D eigenvalue weighted by molar-refractivity contribution is 0.0696. The summed E-state index contributed by atoms with van der Waals surface area (Å²) in [6, 6.07) is 1.36. The van der Waals surface area contributed by atoms with Gasteiger partial charge in [-0.05, 0) is 24.8 Å². The summed E-state index contributed by atoms with van der Waals surface area (Å²) < 4.78 is 1.77. The molecule has 0 fully saturated rings. The Balaban J connectivity index is 2.38. The summed E-state index contributed by atoms with van der Waals surface area (Å²) in [4.78, 5) is 15.0. The number of halogens is 1. The second-order valence-corrected chi connectivity index (χ2v) is 4.81. The Hall–Kier alpha value is -1.60. The van der Waals surface area contributed by atoms with Gasteiger partial charge in [0.15, 0.2) is 5.16 Å². The van der Waals surface area contributed by atoms with Gasteiger partial charge < -0.3 is 9.67 Å². The first-order valence-electron chi connectivity index (χ1n) is 4.92. The number of nitrogens with zero attached hydrogens (tertiary/aromatic N) is 4. The van der Waals surface area contributed by atoms with Crippen molar-refractivity contribution in [2.75, 3.05) is 0 Å². The van der Waals surface area contributed by atoms with E-state index in [4.69, 9.17) is 16.7 Å². The summed E-state index contributed by atoms with van der Waals surface area (Å²) in [5.41, 5.74) is 0.0213. The first-order valence-corrected chi connectivity index (χ1v) is 6.11. The fourth-order valence-electron chi connectivity index (χ4n) is 1.22. The van der Waals surface area contributed by atoms with Gasteiger partial charge in [-0.15, -0.1) is 10.2 Å². The fourth-order valence-corrected chi connectivity index (χ4v) is 2.37. The van der Waals surface area contributed by atoms with Gasteiger partial charge in [0.05, 0.1) is 10.6 Å². The van der Waals surface area contributed by atoms with Crippen LogP contribution in [0.4, 0.5) is 0 Å². The van der Waals surface area contributed by atoms with E-state index in [9.17, 15) is 4.79 Å². The van der Waals surface area contributed by atoms with Gasteiger partial charge in [-0.3, -0.25) is 0 Å². The quantitative estimate of drug-likeness (QED) is 0.929. The average molecular weight is 285 g/mol. The minimum atomic E-state index is -1.08. The maximum absolute atomic E-state index is 10.9. The molecule has 0 aliphatic carbocycles. The van der Waals surface area contributed by atoms with Crippen molar-refractivity contribution in [1.29, 1.82) is 0 Å². The normalized spacial score (nSPS) is 10.6. The summed E-state index contributed by atoms with van der Waals surface area (Å²) in [5, 5.41) is 17.9. The van der Waals surface area contributed by atoms with Crippen LogP contribution in [0.5, 0.6) is 0 Å². The monoisotopic (exact) mass is 284 g/mol. The smallest absolute Gasteiger partial charge is 0.337 e. The molecule has 0 bridgehead atoms. The third-order valence-corrected chi connectivity index (χ3v) is 3.86. The van der Waals surface area contributed by atoms with Crippen LogP contribution in [0.1, 0.15) is 16.2 Å². The van der Waals surface area contributed by atoms with Crippen molar-refractivity contribution in [1.82, 2.24) is 19.7 Å². The molecule has 0 aliphatic heterocycles. The number of hydrogen-bond donors (Lipinski definition) is 1. The van der Waals surface area contributed by atoms with E-state index in [-0.39, 0.29) is 10.6 Å². The summed E-state index contributed by atoms with van der Waals surface area (Å²) in [7, 11) is 1.81. The van der Waals surface area contributed by atoms with Crippen LogP contribution in [0, 0.1) is 6.92 Å². The standard InChI is InChI=1S/C10H9ClN4O2S/c1-5-13-14-10(15(5)2)18-8-7(11)6(9(16)17)3-4-12-8/h3-4H,1-2H3,(H,16,17). The predicted molar refractivity (Wildman–Crippen MR) is 66.1 cm³/mol. The van der Waals surface area contributed by atoms with E-state index in [1.54, 1.807) is 4.57 Å². The van der Waals surface area contributed by atoms with Crippen molar-refractivity contribution in [2.24, 2.45) is 7.05 Å². The van der Waals surface area contributed by atoms with Crippen molar-refractivity contribution >= 4 is 29.3 Å². The molecule has 0 aliphatic rings. The van der Waals surface area contributed by atoms with Gasteiger partial charge in [0, 0.05) is 13.2 Å². The molecule has 0 saturated heterocycles. The van der Waals surface area contributed by atoms with E-state index in [1.807, 2.05) is 14.0 Å². The molecule has 94 valence electrons. The van der Waals surface area contributed by atoms with Crippen molar-refractivity contribution in [3.05, 3.63) is 28.7 Å². The molecule has 8 heteroatoms. The number of pyridine rings is 1. The number of aromatic nitrogens is 4. The Morgan fingerprint density at radius 1 is 1.50 bits per heavy atom. The number of aromatic carboxylic acids is 1. The highest BCUT2D eigenvalue weighted by atomic mass is 35.5. The third-order valence-electron chi connectivity index (χ3n) is 2.33. The zero-order chi connectivity index (χ0) is 13.3. The fraction of sp³-hybridized carbons (Fsp3) is 0.200. The average Bonchev–Trinajstić information content (AvgIpc) is 2.63. The van der Waals surface area contributed by atoms with Crippen molar-refractivity contribution in [2.45, 2.75) is 17.1 Å². The van der Waals surface area contributed by atoms with E-state index in [1.165, 1.54) is 24.0 Å². The number of hydrogen-bond acceptors (Lipinski definition) is 5. The van der Waals surface area contributed by atoms with Crippen LogP contribution in [-0.4, -0.2) is 30.8 Å². The lowest BCUT2D eigenvalue weighted by atomic mass is 10.3. The van der Waals surface area contributed by atoms with Crippen LogP contribution in [0.2, 0.25) is 5.02 Å². The maximum Gasteiger partial charge on any atom is 0.337 e. The topological polar surface area (TPSA) is 80.9 Å². The molecular weight excluding hydrogens is 276 g/mol. The number of rotatable bonds is 3. The minimum absolute atomic E-state index is 0.0213. The first kappa shape index (κ1) is 12.8. The Morgan fingerprint density at radius 3 is 2.78 bits per heavy atom. The van der Waals surface area contributed by atoms with Crippen molar-refractivity contribution in [3.63, 3.8) is 0 Å². The van der Waals surface area contributed by atoms with Crippen molar-refractivity contribution in [3.8, 4) is 0 Å². The van der Waals surface area contributed by atoms with Gasteiger partial charge in [0.2, 0.25) is 0 Å². The Morgan fingerprint density at radius 2 is 2.22 bits per heavy atom. The Kier molecular flexibility index (Phi) is 3.53. The molecular formula is C10H9ClN4O2S. The van der Waals surface area contributed by atoms with Gasteiger partial charge >= 0.3 is 5.97 Å².